The number of nitrogens with one attached hydrogen (secondary N) is 1. The Balaban J connectivity index is 2.84. The highest BCUT2D eigenvalue weighted by molar-refractivity contribution is 5.89. The fourth-order valence-electron chi connectivity index (χ4n) is 3.28. The van der Waals surface area contributed by atoms with Crippen LogP contribution in [-0.2, 0) is 4.79 Å². The number of nitrogens with zero attached hydrogens (tertiary/aromatic N) is 2. The van der Waals surface area contributed by atoms with Crippen LogP contribution in [0, 0.1) is 0 Å². The van der Waals surface area contributed by atoms with E-state index in [-0.39, 0.29) is 11.1 Å². The Morgan fingerprint density at radius 1 is 1.12 bits per heavy atom. The summed E-state index contributed by atoms with van der Waals surface area (Å²) in [7, 11) is 1.35. The summed E-state index contributed by atoms with van der Waals surface area (Å²) in [5.74, 6) is -0.918. The number of piperidine rings is 1. The molecule has 9 heteroatoms. The fraction of sp³-hybridized carbons (Fsp3) is 0.875. The first-order chi connectivity index (χ1) is 11.3. The molecule has 0 spiro atoms. The topological polar surface area (TPSA) is 146 Å². The number of rotatable bonds is 6. The second-order valence-electron chi connectivity index (χ2n) is 7.95. The summed E-state index contributed by atoms with van der Waals surface area (Å²) in [5, 5.41) is 56.1. The SMILES string of the molecule is CN(N=C1CC(C)(C)NC(C)(C)C1)C(=O)C(O)C(O)C(O)C(O)CO. The number of aliphatic hydroxyl groups is 5. The number of hydrazone groups is 1. The molecule has 0 aromatic heterocycles. The minimum atomic E-state index is -1.98. The van der Waals surface area contributed by atoms with Gasteiger partial charge in [-0.05, 0) is 27.7 Å². The van der Waals surface area contributed by atoms with Crippen LogP contribution in [0.2, 0.25) is 0 Å². The van der Waals surface area contributed by atoms with Crippen molar-refractivity contribution in [3.63, 3.8) is 0 Å². The van der Waals surface area contributed by atoms with Gasteiger partial charge in [0, 0.05) is 36.7 Å². The lowest BCUT2D eigenvalue weighted by Gasteiger charge is -2.43. The highest BCUT2D eigenvalue weighted by Gasteiger charge is 2.38. The minimum absolute atomic E-state index is 0.204. The standard InChI is InChI=1S/C16H31N3O6/c1-15(2)6-9(7-16(3,4)18-15)17-19(5)14(25)13(24)12(23)11(22)10(21)8-20/h10-13,18,20-24H,6-8H2,1-5H3. The lowest BCUT2D eigenvalue weighted by atomic mass is 9.81. The van der Waals surface area contributed by atoms with Crippen LogP contribution in [0.5, 0.6) is 0 Å². The van der Waals surface area contributed by atoms with Gasteiger partial charge in [0.25, 0.3) is 5.91 Å². The summed E-state index contributed by atoms with van der Waals surface area (Å²) in [5.41, 5.74) is 0.357. The molecular weight excluding hydrogens is 330 g/mol. The third-order valence-corrected chi connectivity index (χ3v) is 4.09. The first-order valence-electron chi connectivity index (χ1n) is 8.26. The molecule has 0 aromatic carbocycles. The molecule has 0 saturated carbocycles. The summed E-state index contributed by atoms with van der Waals surface area (Å²) in [6.45, 7) is 7.29. The first-order valence-corrected chi connectivity index (χ1v) is 8.26. The summed E-state index contributed by atoms with van der Waals surface area (Å²) >= 11 is 0. The Hall–Kier alpha value is -1.10. The number of aliphatic hydroxyl groups excluding tert-OH is 5. The van der Waals surface area contributed by atoms with Gasteiger partial charge in [0.2, 0.25) is 0 Å². The van der Waals surface area contributed by atoms with Crippen LogP contribution in [0.3, 0.4) is 0 Å². The van der Waals surface area contributed by atoms with E-state index in [1.54, 1.807) is 0 Å². The number of carbonyl (C=O) groups excluding carboxylic acids is 1. The molecule has 1 rings (SSSR count). The van der Waals surface area contributed by atoms with E-state index in [2.05, 4.69) is 10.4 Å². The van der Waals surface area contributed by atoms with Gasteiger partial charge >= 0.3 is 0 Å². The monoisotopic (exact) mass is 361 g/mol. The van der Waals surface area contributed by atoms with E-state index in [0.29, 0.717) is 12.8 Å². The quantitative estimate of drug-likeness (QED) is 0.305. The molecular formula is C16H31N3O6. The Morgan fingerprint density at radius 2 is 1.60 bits per heavy atom. The van der Waals surface area contributed by atoms with Crippen LogP contribution in [0.15, 0.2) is 5.10 Å². The molecule has 25 heavy (non-hydrogen) atoms. The van der Waals surface area contributed by atoms with Crippen molar-refractivity contribution in [3.8, 4) is 0 Å². The maximum Gasteiger partial charge on any atom is 0.274 e. The zero-order valence-electron chi connectivity index (χ0n) is 15.5. The molecule has 0 aromatic rings. The summed E-state index contributed by atoms with van der Waals surface area (Å²) < 4.78 is 0. The van der Waals surface area contributed by atoms with Gasteiger partial charge in [0.05, 0.1) is 6.61 Å². The molecule has 1 aliphatic rings. The van der Waals surface area contributed by atoms with Gasteiger partial charge in [-0.2, -0.15) is 5.10 Å². The molecule has 4 unspecified atom stereocenters. The number of amides is 1. The summed E-state index contributed by atoms with van der Waals surface area (Å²) in [6, 6.07) is 0. The van der Waals surface area contributed by atoms with Crippen molar-refractivity contribution in [1.82, 2.24) is 10.3 Å². The molecule has 0 radical (unpaired) electrons. The second kappa shape index (κ2) is 8.07. The van der Waals surface area contributed by atoms with E-state index in [1.807, 2.05) is 27.7 Å². The predicted octanol–water partition coefficient (Wildman–Crippen LogP) is -1.82. The average molecular weight is 361 g/mol. The van der Waals surface area contributed by atoms with Gasteiger partial charge in [-0.15, -0.1) is 0 Å². The number of hydrogen-bond donors (Lipinski definition) is 6. The van der Waals surface area contributed by atoms with Crippen LogP contribution in [-0.4, -0.2) is 91.3 Å². The zero-order valence-corrected chi connectivity index (χ0v) is 15.5. The van der Waals surface area contributed by atoms with Crippen LogP contribution in [0.4, 0.5) is 0 Å². The zero-order chi connectivity index (χ0) is 19.6. The lowest BCUT2D eigenvalue weighted by Crippen LogP contribution is -2.58. The molecule has 1 aliphatic heterocycles. The fourth-order valence-corrected chi connectivity index (χ4v) is 3.28. The molecule has 146 valence electrons. The number of hydrogen-bond acceptors (Lipinski definition) is 8. The van der Waals surface area contributed by atoms with Crippen LogP contribution in [0.25, 0.3) is 0 Å². The van der Waals surface area contributed by atoms with Gasteiger partial charge in [0.15, 0.2) is 6.10 Å². The maximum absolute atomic E-state index is 12.2. The largest absolute Gasteiger partial charge is 0.394 e. The van der Waals surface area contributed by atoms with Crippen molar-refractivity contribution in [3.05, 3.63) is 0 Å². The van der Waals surface area contributed by atoms with Crippen LogP contribution in [0.1, 0.15) is 40.5 Å². The first kappa shape index (κ1) is 21.9. The third-order valence-electron chi connectivity index (χ3n) is 4.09. The van der Waals surface area contributed by atoms with Gasteiger partial charge < -0.3 is 30.8 Å². The van der Waals surface area contributed by atoms with Gasteiger partial charge in [-0.25, -0.2) is 5.01 Å². The van der Waals surface area contributed by atoms with Crippen molar-refractivity contribution in [2.75, 3.05) is 13.7 Å². The van der Waals surface area contributed by atoms with Crippen molar-refractivity contribution in [2.45, 2.75) is 76.0 Å². The van der Waals surface area contributed by atoms with Crippen LogP contribution < -0.4 is 5.32 Å². The van der Waals surface area contributed by atoms with E-state index in [1.165, 1.54) is 7.05 Å². The van der Waals surface area contributed by atoms with Gasteiger partial charge in [0.1, 0.15) is 18.3 Å². The van der Waals surface area contributed by atoms with Crippen molar-refractivity contribution in [1.29, 1.82) is 0 Å². The molecule has 0 bridgehead atoms. The van der Waals surface area contributed by atoms with E-state index in [0.717, 1.165) is 10.7 Å². The Bertz CT molecular complexity index is 490. The van der Waals surface area contributed by atoms with E-state index in [9.17, 15) is 25.2 Å². The highest BCUT2D eigenvalue weighted by Crippen LogP contribution is 2.26. The third kappa shape index (κ3) is 5.98. The van der Waals surface area contributed by atoms with Crippen LogP contribution >= 0.6 is 0 Å². The number of likely N-dealkylation sites (N-methyl/N-ethyl adjacent to an activating group) is 1. The minimum Gasteiger partial charge on any atom is -0.394 e. The van der Waals surface area contributed by atoms with E-state index >= 15 is 0 Å². The second-order valence-corrected chi connectivity index (χ2v) is 7.95. The summed E-state index contributed by atoms with van der Waals surface area (Å²) in [6.07, 6.45) is -6.23. The molecule has 0 aliphatic carbocycles. The molecule has 4 atom stereocenters. The summed E-state index contributed by atoms with van der Waals surface area (Å²) in [4.78, 5) is 12.2. The van der Waals surface area contributed by atoms with Gasteiger partial charge in [-0.1, -0.05) is 0 Å². The molecule has 1 fully saturated rings. The molecule has 1 saturated heterocycles. The Morgan fingerprint density at radius 3 is 2.04 bits per heavy atom. The molecule has 1 amide bonds. The normalized spacial score (nSPS) is 24.2. The molecule has 9 nitrogen and oxygen atoms in total. The predicted molar refractivity (Wildman–Crippen MR) is 91.8 cm³/mol. The van der Waals surface area contributed by atoms with E-state index < -0.39 is 36.9 Å². The van der Waals surface area contributed by atoms with Crippen molar-refractivity contribution in [2.24, 2.45) is 5.10 Å². The lowest BCUT2D eigenvalue weighted by molar-refractivity contribution is -0.157. The van der Waals surface area contributed by atoms with Crippen molar-refractivity contribution >= 4 is 11.6 Å². The molecule has 6 N–H and O–H groups in total. The Kier molecular flexibility index (Phi) is 7.08. The number of carbonyl (C=O) groups is 1. The smallest absolute Gasteiger partial charge is 0.274 e. The van der Waals surface area contributed by atoms with Crippen molar-refractivity contribution < 1.29 is 30.3 Å². The van der Waals surface area contributed by atoms with E-state index in [4.69, 9.17) is 5.11 Å². The maximum atomic E-state index is 12.2. The van der Waals surface area contributed by atoms with Gasteiger partial charge in [-0.3, -0.25) is 4.79 Å². The molecule has 1 heterocycles. The average Bonchev–Trinajstić information content (AvgIpc) is 2.47. The Labute approximate surface area is 148 Å². The highest BCUT2D eigenvalue weighted by atomic mass is 16.4.